The van der Waals surface area contributed by atoms with Crippen LogP contribution in [0.1, 0.15) is 31.0 Å². The van der Waals surface area contributed by atoms with Gasteiger partial charge in [-0.15, -0.1) is 0 Å². The van der Waals surface area contributed by atoms with Crippen molar-refractivity contribution in [3.63, 3.8) is 0 Å². The van der Waals surface area contributed by atoms with Crippen LogP contribution >= 0.6 is 0 Å². The summed E-state index contributed by atoms with van der Waals surface area (Å²) < 4.78 is 16.6. The smallest absolute Gasteiger partial charge is 0.295 e. The Hall–Kier alpha value is -3.52. The molecule has 2 aromatic carbocycles. The number of ketones is 1. The summed E-state index contributed by atoms with van der Waals surface area (Å²) in [5.41, 5.74) is 1.12. The Kier molecular flexibility index (Phi) is 8.17. The van der Waals surface area contributed by atoms with Gasteiger partial charge in [-0.1, -0.05) is 6.07 Å². The molecule has 0 aliphatic carbocycles. The summed E-state index contributed by atoms with van der Waals surface area (Å²) in [4.78, 5) is 29.7. The molecule has 2 aromatic rings. The fourth-order valence-electron chi connectivity index (χ4n) is 3.91. The lowest BCUT2D eigenvalue weighted by Crippen LogP contribution is -2.35. The van der Waals surface area contributed by atoms with Gasteiger partial charge in [-0.05, 0) is 69.9 Å². The summed E-state index contributed by atoms with van der Waals surface area (Å²) in [5, 5.41) is 11.2. The van der Waals surface area contributed by atoms with Crippen molar-refractivity contribution in [2.24, 2.45) is 0 Å². The van der Waals surface area contributed by atoms with E-state index < -0.39 is 17.7 Å². The minimum absolute atomic E-state index is 0.0422. The zero-order chi connectivity index (χ0) is 24.8. The van der Waals surface area contributed by atoms with Crippen LogP contribution in [0.2, 0.25) is 0 Å². The molecule has 0 spiro atoms. The van der Waals surface area contributed by atoms with Crippen LogP contribution < -0.4 is 14.2 Å². The molecule has 1 saturated heterocycles. The van der Waals surface area contributed by atoms with Crippen molar-refractivity contribution in [2.75, 3.05) is 47.5 Å². The maximum Gasteiger partial charge on any atom is 0.295 e. The first kappa shape index (κ1) is 25.1. The molecule has 8 nitrogen and oxygen atoms in total. The molecular weight excluding hydrogens is 436 g/mol. The third kappa shape index (κ3) is 5.17. The van der Waals surface area contributed by atoms with Crippen LogP contribution in [-0.2, 0) is 9.59 Å². The Morgan fingerprint density at radius 3 is 2.24 bits per heavy atom. The van der Waals surface area contributed by atoms with E-state index in [4.69, 9.17) is 14.2 Å². The van der Waals surface area contributed by atoms with Crippen LogP contribution in [0.3, 0.4) is 0 Å². The fraction of sp³-hybridized carbons (Fsp3) is 0.385. The van der Waals surface area contributed by atoms with Gasteiger partial charge in [0.05, 0.1) is 31.9 Å². The van der Waals surface area contributed by atoms with Crippen LogP contribution in [0.15, 0.2) is 48.0 Å². The van der Waals surface area contributed by atoms with Gasteiger partial charge in [-0.25, -0.2) is 0 Å². The number of nitrogens with zero attached hydrogens (tertiary/aromatic N) is 2. The lowest BCUT2D eigenvalue weighted by molar-refractivity contribution is -0.140. The minimum atomic E-state index is -0.767. The van der Waals surface area contributed by atoms with Crippen molar-refractivity contribution in [1.29, 1.82) is 0 Å². The highest BCUT2D eigenvalue weighted by Gasteiger charge is 2.46. The second-order valence-corrected chi connectivity index (χ2v) is 8.10. The molecule has 1 fully saturated rings. The number of Topliss-reactive ketones (excluding diaryl/α,β-unsaturated/α-hetero) is 1. The first-order valence-corrected chi connectivity index (χ1v) is 11.3. The maximum absolute atomic E-state index is 13.2. The number of likely N-dealkylation sites (N-methyl/N-ethyl adjacent to an activating group) is 1. The molecule has 1 amide bonds. The van der Waals surface area contributed by atoms with E-state index in [9.17, 15) is 14.7 Å². The number of methoxy groups -OCH3 is 1. The highest BCUT2D eigenvalue weighted by molar-refractivity contribution is 6.46. The van der Waals surface area contributed by atoms with Crippen molar-refractivity contribution in [1.82, 2.24) is 9.80 Å². The van der Waals surface area contributed by atoms with Gasteiger partial charge in [-0.2, -0.15) is 0 Å². The zero-order valence-electron chi connectivity index (χ0n) is 20.3. The van der Waals surface area contributed by atoms with Gasteiger partial charge in [0.1, 0.15) is 11.5 Å². The van der Waals surface area contributed by atoms with Crippen molar-refractivity contribution < 1.29 is 28.9 Å². The number of carbonyl (C=O) groups is 2. The van der Waals surface area contributed by atoms with Crippen molar-refractivity contribution in [3.05, 3.63) is 59.2 Å². The summed E-state index contributed by atoms with van der Waals surface area (Å²) >= 11 is 0. The van der Waals surface area contributed by atoms with Crippen molar-refractivity contribution in [3.8, 4) is 17.2 Å². The molecular formula is C26H32N2O6. The summed E-state index contributed by atoms with van der Waals surface area (Å²) in [6, 6.07) is 11.3. The summed E-state index contributed by atoms with van der Waals surface area (Å²) in [6.07, 6.45) is 0. The molecule has 1 aliphatic heterocycles. The fourth-order valence-corrected chi connectivity index (χ4v) is 3.91. The van der Waals surface area contributed by atoms with Crippen molar-refractivity contribution >= 4 is 17.4 Å². The van der Waals surface area contributed by atoms with Gasteiger partial charge >= 0.3 is 0 Å². The summed E-state index contributed by atoms with van der Waals surface area (Å²) in [7, 11) is 5.34. The topological polar surface area (TPSA) is 88.5 Å². The lowest BCUT2D eigenvalue weighted by Gasteiger charge is -2.27. The Morgan fingerprint density at radius 1 is 1.00 bits per heavy atom. The highest BCUT2D eigenvalue weighted by atomic mass is 16.5. The number of benzene rings is 2. The van der Waals surface area contributed by atoms with E-state index in [1.807, 2.05) is 32.8 Å². The monoisotopic (exact) mass is 468 g/mol. The zero-order valence-corrected chi connectivity index (χ0v) is 20.3. The number of ether oxygens (including phenoxy) is 3. The number of aliphatic hydroxyl groups is 1. The molecule has 1 atom stereocenters. The normalized spacial score (nSPS) is 17.4. The number of likely N-dealkylation sites (tertiary alicyclic amines) is 1. The first-order chi connectivity index (χ1) is 16.3. The van der Waals surface area contributed by atoms with E-state index >= 15 is 0 Å². The van der Waals surface area contributed by atoms with Gasteiger partial charge in [0.2, 0.25) is 0 Å². The second kappa shape index (κ2) is 11.1. The van der Waals surface area contributed by atoms with Crippen LogP contribution in [0, 0.1) is 0 Å². The molecule has 0 saturated carbocycles. The average molecular weight is 469 g/mol. The first-order valence-electron chi connectivity index (χ1n) is 11.3. The third-order valence-electron chi connectivity index (χ3n) is 5.57. The number of rotatable bonds is 10. The minimum Gasteiger partial charge on any atom is -0.507 e. The average Bonchev–Trinajstić information content (AvgIpc) is 3.08. The number of carbonyl (C=O) groups excluding carboxylic acids is 2. The van der Waals surface area contributed by atoms with Gasteiger partial charge < -0.3 is 29.1 Å². The Morgan fingerprint density at radius 2 is 1.65 bits per heavy atom. The number of hydrogen-bond donors (Lipinski definition) is 1. The predicted molar refractivity (Wildman–Crippen MR) is 129 cm³/mol. The quantitative estimate of drug-likeness (QED) is 0.324. The molecule has 0 aromatic heterocycles. The number of amides is 1. The van der Waals surface area contributed by atoms with Gasteiger partial charge in [0.25, 0.3) is 11.7 Å². The molecule has 1 aliphatic rings. The lowest BCUT2D eigenvalue weighted by atomic mass is 9.95. The largest absolute Gasteiger partial charge is 0.507 e. The van der Waals surface area contributed by atoms with Crippen LogP contribution in [0.4, 0.5) is 0 Å². The number of aliphatic hydroxyl groups excluding tert-OH is 1. The molecule has 182 valence electrons. The van der Waals surface area contributed by atoms with E-state index in [-0.39, 0.29) is 11.3 Å². The Bertz CT molecular complexity index is 1060. The van der Waals surface area contributed by atoms with Gasteiger partial charge in [0.15, 0.2) is 11.5 Å². The summed E-state index contributed by atoms with van der Waals surface area (Å²) in [5.74, 6) is 0.119. The van der Waals surface area contributed by atoms with E-state index in [1.165, 1.54) is 4.90 Å². The van der Waals surface area contributed by atoms with Gasteiger partial charge in [0, 0.05) is 18.7 Å². The van der Waals surface area contributed by atoms with Crippen LogP contribution in [0.25, 0.3) is 5.76 Å². The van der Waals surface area contributed by atoms with E-state index in [0.717, 1.165) is 0 Å². The molecule has 0 bridgehead atoms. The van der Waals surface area contributed by atoms with Crippen LogP contribution in [-0.4, -0.2) is 74.1 Å². The SMILES string of the molecule is CCOc1ccc([C@H]2C(=C(O)c3ccc(OC)cc3)C(=O)C(=O)N2CCN(C)C)cc1OCC. The molecule has 8 heteroatoms. The molecule has 34 heavy (non-hydrogen) atoms. The van der Waals surface area contributed by atoms with Crippen LogP contribution in [0.5, 0.6) is 17.2 Å². The predicted octanol–water partition coefficient (Wildman–Crippen LogP) is 3.48. The Balaban J connectivity index is 2.16. The van der Waals surface area contributed by atoms with E-state index in [2.05, 4.69) is 0 Å². The third-order valence-corrected chi connectivity index (χ3v) is 5.57. The van der Waals surface area contributed by atoms with Gasteiger partial charge in [-0.3, -0.25) is 9.59 Å². The van der Waals surface area contributed by atoms with E-state index in [0.29, 0.717) is 54.7 Å². The maximum atomic E-state index is 13.2. The van der Waals surface area contributed by atoms with Crippen molar-refractivity contribution in [2.45, 2.75) is 19.9 Å². The molecule has 1 N–H and O–H groups in total. The standard InChI is InChI=1S/C26H32N2O6/c1-6-33-20-13-10-18(16-21(20)34-7-2)23-22(24(29)17-8-11-19(32-5)12-9-17)25(30)26(31)28(23)15-14-27(3)4/h8-13,16,23,29H,6-7,14-15H2,1-5H3/t23-/m0/s1. The Labute approximate surface area is 200 Å². The molecule has 0 radical (unpaired) electrons. The molecule has 0 unspecified atom stereocenters. The molecule has 1 heterocycles. The number of hydrogen-bond acceptors (Lipinski definition) is 7. The van der Waals surface area contributed by atoms with E-state index in [1.54, 1.807) is 49.6 Å². The highest BCUT2D eigenvalue weighted by Crippen LogP contribution is 2.42. The second-order valence-electron chi connectivity index (χ2n) is 8.10. The summed E-state index contributed by atoms with van der Waals surface area (Å²) in [6.45, 7) is 5.53. The molecule has 3 rings (SSSR count).